The van der Waals surface area contributed by atoms with Gasteiger partial charge in [0.2, 0.25) is 12.2 Å². The van der Waals surface area contributed by atoms with Crippen LogP contribution in [0.4, 0.5) is 0 Å². The van der Waals surface area contributed by atoms with E-state index < -0.39 is 6.17 Å². The molecule has 4 heteroatoms. The molecule has 20 heavy (non-hydrogen) atoms. The monoisotopic (exact) mass is 270 g/mol. The molecule has 0 radical (unpaired) electrons. The van der Waals surface area contributed by atoms with Crippen LogP contribution in [0.15, 0.2) is 40.3 Å². The molecule has 1 aliphatic rings. The van der Waals surface area contributed by atoms with Crippen molar-refractivity contribution < 1.29 is 9.59 Å². The average Bonchev–Trinajstić information content (AvgIpc) is 2.49. The highest BCUT2D eigenvalue weighted by Crippen LogP contribution is 2.45. The molecule has 1 fully saturated rings. The number of aliphatic imine (C=N–C) groups is 2. The largest absolute Gasteiger partial charge is 0.237 e. The zero-order valence-electron chi connectivity index (χ0n) is 11.6. The maximum Gasteiger partial charge on any atom is 0.237 e. The van der Waals surface area contributed by atoms with Crippen LogP contribution in [-0.2, 0) is 9.59 Å². The second kappa shape index (κ2) is 6.42. The number of hydrogen-bond donors (Lipinski definition) is 0. The van der Waals surface area contributed by atoms with Gasteiger partial charge >= 0.3 is 0 Å². The fourth-order valence-electron chi connectivity index (χ4n) is 3.03. The van der Waals surface area contributed by atoms with Crippen molar-refractivity contribution in [3.63, 3.8) is 0 Å². The number of carbonyl (C=O) groups excluding carboxylic acids is 2. The van der Waals surface area contributed by atoms with Crippen LogP contribution in [0.1, 0.15) is 44.1 Å². The summed E-state index contributed by atoms with van der Waals surface area (Å²) >= 11 is 0. The Labute approximate surface area is 118 Å². The molecule has 0 spiro atoms. The molecule has 1 aromatic rings. The van der Waals surface area contributed by atoms with Crippen molar-refractivity contribution in [3.05, 3.63) is 35.9 Å². The number of rotatable bonds is 4. The van der Waals surface area contributed by atoms with Crippen molar-refractivity contribution in [2.24, 2.45) is 15.4 Å². The molecule has 0 aliphatic heterocycles. The third kappa shape index (κ3) is 3.11. The molecule has 104 valence electrons. The lowest BCUT2D eigenvalue weighted by molar-refractivity contribution is 0.161. The normalized spacial score (nSPS) is 26.9. The maximum absolute atomic E-state index is 10.5. The standard InChI is InChI=1S/C16H18N2O2/c1-16(15(17-11-19)18-12-20)9-7-14(8-10-16)13-5-3-2-4-6-13/h2-6,14-15H,7-10H2,1H3. The van der Waals surface area contributed by atoms with Crippen LogP contribution in [0.25, 0.3) is 0 Å². The Hall–Kier alpha value is -2.02. The van der Waals surface area contributed by atoms with Gasteiger partial charge in [0.05, 0.1) is 0 Å². The highest BCUT2D eigenvalue weighted by atomic mass is 16.1. The van der Waals surface area contributed by atoms with Crippen LogP contribution in [0, 0.1) is 5.41 Å². The van der Waals surface area contributed by atoms with Gasteiger partial charge in [0.1, 0.15) is 0 Å². The van der Waals surface area contributed by atoms with Crippen LogP contribution in [0.2, 0.25) is 0 Å². The lowest BCUT2D eigenvalue weighted by Crippen LogP contribution is -2.33. The van der Waals surface area contributed by atoms with Crippen LogP contribution < -0.4 is 0 Å². The fraction of sp³-hybridized carbons (Fsp3) is 0.500. The molecule has 1 aliphatic carbocycles. The molecule has 0 heterocycles. The number of nitrogens with zero attached hydrogens (tertiary/aromatic N) is 2. The summed E-state index contributed by atoms with van der Waals surface area (Å²) in [5.41, 5.74) is 1.10. The summed E-state index contributed by atoms with van der Waals surface area (Å²) in [6, 6.07) is 10.4. The molecular weight excluding hydrogens is 252 g/mol. The predicted octanol–water partition coefficient (Wildman–Crippen LogP) is 3.35. The Bertz CT molecular complexity index is 517. The minimum atomic E-state index is -0.644. The summed E-state index contributed by atoms with van der Waals surface area (Å²) in [4.78, 5) is 28.3. The van der Waals surface area contributed by atoms with Crippen molar-refractivity contribution in [1.29, 1.82) is 0 Å². The van der Waals surface area contributed by atoms with Crippen molar-refractivity contribution in [2.75, 3.05) is 0 Å². The second-order valence-corrected chi connectivity index (χ2v) is 5.65. The molecular formula is C16H18N2O2. The van der Waals surface area contributed by atoms with Crippen molar-refractivity contribution in [3.8, 4) is 0 Å². The van der Waals surface area contributed by atoms with Gasteiger partial charge in [-0.05, 0) is 37.2 Å². The summed E-state index contributed by atoms with van der Waals surface area (Å²) in [6.45, 7) is 2.03. The van der Waals surface area contributed by atoms with Gasteiger partial charge in [-0.2, -0.15) is 9.98 Å². The molecule has 0 amide bonds. The molecule has 1 aromatic carbocycles. The van der Waals surface area contributed by atoms with E-state index in [4.69, 9.17) is 0 Å². The van der Waals surface area contributed by atoms with Crippen LogP contribution in [0.5, 0.6) is 0 Å². The van der Waals surface area contributed by atoms with Gasteiger partial charge in [-0.15, -0.1) is 0 Å². The second-order valence-electron chi connectivity index (χ2n) is 5.65. The van der Waals surface area contributed by atoms with Gasteiger partial charge in [-0.3, -0.25) is 0 Å². The Balaban J connectivity index is 2.09. The summed E-state index contributed by atoms with van der Waals surface area (Å²) in [6.07, 6.45) is 6.19. The molecule has 0 unspecified atom stereocenters. The molecule has 0 aromatic heterocycles. The van der Waals surface area contributed by atoms with Crippen LogP contribution in [-0.4, -0.2) is 18.3 Å². The number of isocyanates is 2. The van der Waals surface area contributed by atoms with E-state index in [2.05, 4.69) is 34.3 Å². The minimum Gasteiger partial charge on any atom is -0.211 e. The Morgan fingerprint density at radius 1 is 1.10 bits per heavy atom. The van der Waals surface area contributed by atoms with Crippen LogP contribution in [0.3, 0.4) is 0 Å². The molecule has 1 saturated carbocycles. The molecule has 2 rings (SSSR count). The third-order valence-corrected chi connectivity index (χ3v) is 4.37. The zero-order valence-corrected chi connectivity index (χ0v) is 11.6. The van der Waals surface area contributed by atoms with E-state index in [9.17, 15) is 9.59 Å². The first-order valence-electron chi connectivity index (χ1n) is 6.88. The molecule has 0 N–H and O–H groups in total. The average molecular weight is 270 g/mol. The van der Waals surface area contributed by atoms with E-state index >= 15 is 0 Å². The van der Waals surface area contributed by atoms with E-state index in [1.807, 2.05) is 13.0 Å². The fourth-order valence-corrected chi connectivity index (χ4v) is 3.03. The van der Waals surface area contributed by atoms with Crippen molar-refractivity contribution in [1.82, 2.24) is 0 Å². The minimum absolute atomic E-state index is 0.250. The topological polar surface area (TPSA) is 58.9 Å². The van der Waals surface area contributed by atoms with E-state index in [1.165, 1.54) is 17.7 Å². The predicted molar refractivity (Wildman–Crippen MR) is 75.8 cm³/mol. The zero-order chi connectivity index (χ0) is 14.4. The van der Waals surface area contributed by atoms with Gasteiger partial charge in [0.25, 0.3) is 0 Å². The van der Waals surface area contributed by atoms with Gasteiger partial charge in [-0.1, -0.05) is 37.3 Å². The van der Waals surface area contributed by atoms with Gasteiger partial charge in [0.15, 0.2) is 6.17 Å². The van der Waals surface area contributed by atoms with E-state index in [0.717, 1.165) is 25.7 Å². The highest BCUT2D eigenvalue weighted by Gasteiger charge is 2.38. The van der Waals surface area contributed by atoms with Gasteiger partial charge in [0, 0.05) is 5.41 Å². The number of benzene rings is 1. The molecule has 0 saturated heterocycles. The molecule has 4 nitrogen and oxygen atoms in total. The molecule has 0 atom stereocenters. The quantitative estimate of drug-likeness (QED) is 0.622. The SMILES string of the molecule is CC1(C(N=C=O)N=C=O)CCC(c2ccccc2)CC1. The Morgan fingerprint density at radius 3 is 2.15 bits per heavy atom. The lowest BCUT2D eigenvalue weighted by Gasteiger charge is -2.38. The van der Waals surface area contributed by atoms with Gasteiger partial charge < -0.3 is 0 Å². The Kier molecular flexibility index (Phi) is 4.62. The molecule has 0 bridgehead atoms. The van der Waals surface area contributed by atoms with Crippen molar-refractivity contribution in [2.45, 2.75) is 44.7 Å². The van der Waals surface area contributed by atoms with Crippen molar-refractivity contribution >= 4 is 12.2 Å². The lowest BCUT2D eigenvalue weighted by atomic mass is 9.68. The summed E-state index contributed by atoms with van der Waals surface area (Å²) in [5, 5.41) is 0. The summed E-state index contributed by atoms with van der Waals surface area (Å²) in [7, 11) is 0. The first-order chi connectivity index (χ1) is 9.69. The van der Waals surface area contributed by atoms with E-state index in [-0.39, 0.29) is 5.41 Å². The van der Waals surface area contributed by atoms with E-state index in [0.29, 0.717) is 5.92 Å². The maximum atomic E-state index is 10.5. The van der Waals surface area contributed by atoms with Crippen LogP contribution >= 0.6 is 0 Å². The smallest absolute Gasteiger partial charge is 0.211 e. The first-order valence-corrected chi connectivity index (χ1v) is 6.88. The summed E-state index contributed by atoms with van der Waals surface area (Å²) in [5.74, 6) is 0.533. The first kappa shape index (κ1) is 14.4. The third-order valence-electron chi connectivity index (χ3n) is 4.37. The summed E-state index contributed by atoms with van der Waals surface area (Å²) < 4.78 is 0. The number of hydrogen-bond acceptors (Lipinski definition) is 4. The highest BCUT2D eigenvalue weighted by molar-refractivity contribution is 5.37. The van der Waals surface area contributed by atoms with E-state index in [1.54, 1.807) is 0 Å². The Morgan fingerprint density at radius 2 is 1.65 bits per heavy atom. The van der Waals surface area contributed by atoms with Gasteiger partial charge in [-0.25, -0.2) is 9.59 Å².